The molecule has 0 bridgehead atoms. The van der Waals surface area contributed by atoms with Gasteiger partial charge in [0.15, 0.2) is 0 Å². The van der Waals surface area contributed by atoms with Gasteiger partial charge in [-0.25, -0.2) is 4.98 Å². The minimum Gasteiger partial charge on any atom is -0.493 e. The maximum atomic E-state index is 12.1. The number of carboxylic acids is 1. The molecule has 0 radical (unpaired) electrons. The van der Waals surface area contributed by atoms with Crippen molar-refractivity contribution in [2.75, 3.05) is 12.9 Å². The second-order valence-corrected chi connectivity index (χ2v) is 13.1. The van der Waals surface area contributed by atoms with Crippen LogP contribution in [0.1, 0.15) is 43.0 Å². The van der Waals surface area contributed by atoms with Crippen LogP contribution in [-0.2, 0) is 35.0 Å². The number of rotatable bonds is 7. The first-order valence-corrected chi connectivity index (χ1v) is 15.9. The van der Waals surface area contributed by atoms with Crippen molar-refractivity contribution in [3.05, 3.63) is 89.1 Å². The highest BCUT2D eigenvalue weighted by Crippen LogP contribution is 2.42. The molecule has 2 aromatic heterocycles. The zero-order valence-electron chi connectivity index (χ0n) is 25.5. The Morgan fingerprint density at radius 1 is 1.09 bits per heavy atom. The number of hydrogen-bond acceptors (Lipinski definition) is 7. The van der Waals surface area contributed by atoms with Gasteiger partial charge in [-0.1, -0.05) is 18.2 Å². The number of carboxylic acid groups (broad SMARTS) is 1. The van der Waals surface area contributed by atoms with Crippen LogP contribution < -0.4 is 9.47 Å². The zero-order valence-corrected chi connectivity index (χ0v) is 26.3. The summed E-state index contributed by atoms with van der Waals surface area (Å²) >= 11 is 0. The van der Waals surface area contributed by atoms with E-state index in [1.54, 1.807) is 39.3 Å². The highest BCUT2D eigenvalue weighted by molar-refractivity contribution is 7.84. The molecule has 9 heteroatoms. The van der Waals surface area contributed by atoms with Crippen LogP contribution in [0.5, 0.6) is 11.6 Å². The van der Waals surface area contributed by atoms with Crippen molar-refractivity contribution >= 4 is 38.6 Å². The number of carbonyl (C=O) groups is 1. The van der Waals surface area contributed by atoms with Gasteiger partial charge in [-0.3, -0.25) is 14.0 Å². The van der Waals surface area contributed by atoms with Crippen LogP contribution in [0.3, 0.4) is 0 Å². The molecule has 1 aliphatic rings. The zero-order chi connectivity index (χ0) is 31.6. The smallest absolute Gasteiger partial charge is 0.307 e. The van der Waals surface area contributed by atoms with Gasteiger partial charge in [-0.15, -0.1) is 0 Å². The largest absolute Gasteiger partial charge is 0.493 e. The number of pyridine rings is 2. The van der Waals surface area contributed by atoms with Crippen LogP contribution in [0.4, 0.5) is 0 Å². The number of fused-ring (bicyclic) bond motifs is 1. The summed E-state index contributed by atoms with van der Waals surface area (Å²) in [5.74, 6) is 0.318. The van der Waals surface area contributed by atoms with E-state index in [1.165, 1.54) is 5.56 Å². The Morgan fingerprint density at radius 3 is 2.57 bits per heavy atom. The predicted octanol–water partition coefficient (Wildman–Crippen LogP) is 6.41. The molecule has 8 nitrogen and oxygen atoms in total. The third-order valence-corrected chi connectivity index (χ3v) is 8.14. The van der Waals surface area contributed by atoms with Gasteiger partial charge in [0.1, 0.15) is 12.4 Å². The molecule has 1 atom stereocenters. The molecule has 6 rings (SSSR count). The fourth-order valence-electron chi connectivity index (χ4n) is 5.36. The molecule has 5 aromatic rings. The summed E-state index contributed by atoms with van der Waals surface area (Å²) < 4.78 is 24.1. The molecule has 0 amide bonds. The Kier molecular flexibility index (Phi) is 8.99. The van der Waals surface area contributed by atoms with Crippen molar-refractivity contribution in [1.82, 2.24) is 9.97 Å². The molecule has 0 fully saturated rings. The van der Waals surface area contributed by atoms with Crippen LogP contribution in [0.25, 0.3) is 32.9 Å². The first-order valence-electron chi connectivity index (χ1n) is 14.4. The Morgan fingerprint density at radius 2 is 1.84 bits per heavy atom. The minimum atomic E-state index is -1.13. The van der Waals surface area contributed by atoms with Gasteiger partial charge in [0, 0.05) is 51.7 Å². The standard InChI is InChI=1S/C31H26N2O5S.C4H10O/c1-18-15-24-21(8-10-27(33-24)38-17-20-5-3-4-6-26(20)39(2)36)30(23(18)16-28(34)35)22-7-9-25-29-19(12-14-37-25)11-13-32-31(22)29;1-4(2,3)5/h3-11,13,15H,12,14,16-17H2,1-2H3,(H,34,35);5H,1-3H3. The van der Waals surface area contributed by atoms with Crippen molar-refractivity contribution in [3.63, 3.8) is 0 Å². The summed E-state index contributed by atoms with van der Waals surface area (Å²) in [6.45, 7) is 7.99. The van der Waals surface area contributed by atoms with Gasteiger partial charge in [-0.2, -0.15) is 0 Å². The van der Waals surface area contributed by atoms with Crippen LogP contribution >= 0.6 is 0 Å². The van der Waals surface area contributed by atoms with E-state index >= 15 is 0 Å². The lowest BCUT2D eigenvalue weighted by Gasteiger charge is -2.21. The first kappa shape index (κ1) is 31.1. The third-order valence-electron chi connectivity index (χ3n) is 7.12. The number of aryl methyl sites for hydroxylation is 1. The van der Waals surface area contributed by atoms with E-state index < -0.39 is 22.4 Å². The lowest BCUT2D eigenvalue weighted by molar-refractivity contribution is -0.136. The summed E-state index contributed by atoms with van der Waals surface area (Å²) in [5, 5.41) is 20.1. The molecule has 1 aliphatic heterocycles. The number of aromatic nitrogens is 2. The lowest BCUT2D eigenvalue weighted by Crippen LogP contribution is -2.10. The average molecular weight is 613 g/mol. The quantitative estimate of drug-likeness (QED) is 0.216. The maximum absolute atomic E-state index is 12.1. The summed E-state index contributed by atoms with van der Waals surface area (Å²) in [6.07, 6.45) is 4.12. The lowest BCUT2D eigenvalue weighted by atomic mass is 9.88. The Bertz CT molecular complexity index is 1880. The van der Waals surface area contributed by atoms with E-state index in [9.17, 15) is 14.1 Å². The van der Waals surface area contributed by atoms with Crippen LogP contribution in [0, 0.1) is 6.92 Å². The molecular weight excluding hydrogens is 576 g/mol. The molecule has 0 aliphatic carbocycles. The van der Waals surface area contributed by atoms with Gasteiger partial charge < -0.3 is 19.7 Å². The highest BCUT2D eigenvalue weighted by atomic mass is 32.2. The average Bonchev–Trinajstić information content (AvgIpc) is 2.96. The fraction of sp³-hybridized carbons (Fsp3) is 0.286. The van der Waals surface area contributed by atoms with Crippen LogP contribution in [0.2, 0.25) is 0 Å². The summed E-state index contributed by atoms with van der Waals surface area (Å²) in [5.41, 5.74) is 6.19. The second kappa shape index (κ2) is 12.7. The van der Waals surface area contributed by atoms with Gasteiger partial charge in [0.2, 0.25) is 5.88 Å². The maximum Gasteiger partial charge on any atom is 0.307 e. The van der Waals surface area contributed by atoms with E-state index in [-0.39, 0.29) is 13.0 Å². The topological polar surface area (TPSA) is 119 Å². The molecule has 3 aromatic carbocycles. The van der Waals surface area contributed by atoms with Crippen molar-refractivity contribution in [1.29, 1.82) is 0 Å². The van der Waals surface area contributed by atoms with Crippen molar-refractivity contribution in [2.24, 2.45) is 0 Å². The van der Waals surface area contributed by atoms with E-state index in [1.807, 2.05) is 61.5 Å². The molecule has 0 saturated carbocycles. The number of aliphatic hydroxyl groups is 1. The van der Waals surface area contributed by atoms with Gasteiger partial charge in [-0.05, 0) is 86.3 Å². The normalized spacial score (nSPS) is 13.1. The fourth-order valence-corrected chi connectivity index (χ4v) is 6.12. The molecule has 44 heavy (non-hydrogen) atoms. The molecule has 228 valence electrons. The Balaban J connectivity index is 0.000000712. The summed E-state index contributed by atoms with van der Waals surface area (Å²) in [4.78, 5) is 22.2. The second-order valence-electron chi connectivity index (χ2n) is 11.8. The number of hydrogen-bond donors (Lipinski definition) is 2. The van der Waals surface area contributed by atoms with E-state index in [0.29, 0.717) is 18.0 Å². The number of ether oxygens (including phenoxy) is 2. The molecular formula is C35H36N2O6S. The van der Waals surface area contributed by atoms with E-state index in [4.69, 9.17) is 24.5 Å². The van der Waals surface area contributed by atoms with Gasteiger partial charge in [0.25, 0.3) is 0 Å². The minimum absolute atomic E-state index is 0.125. The SMILES string of the molecule is CC(C)(C)O.Cc1cc2nc(OCc3ccccc3S(C)=O)ccc2c(-c2ccc3c4c(ccnc24)CCO3)c1CC(=O)O. The number of aliphatic carboxylic acids is 1. The summed E-state index contributed by atoms with van der Waals surface area (Å²) in [7, 11) is -1.13. The van der Waals surface area contributed by atoms with E-state index in [0.717, 1.165) is 61.2 Å². The summed E-state index contributed by atoms with van der Waals surface area (Å²) in [6, 6.07) is 19.0. The molecule has 0 spiro atoms. The van der Waals surface area contributed by atoms with E-state index in [2.05, 4.69) is 0 Å². The monoisotopic (exact) mass is 612 g/mol. The molecule has 0 saturated heterocycles. The number of benzene rings is 3. The van der Waals surface area contributed by atoms with Crippen molar-refractivity contribution in [3.8, 4) is 22.8 Å². The highest BCUT2D eigenvalue weighted by Gasteiger charge is 2.22. The molecule has 2 N–H and O–H groups in total. The molecule has 1 unspecified atom stereocenters. The van der Waals surface area contributed by atoms with Gasteiger partial charge >= 0.3 is 5.97 Å². The Labute approximate surface area is 259 Å². The first-order chi connectivity index (χ1) is 20.9. The number of nitrogens with zero attached hydrogens (tertiary/aromatic N) is 2. The Hall–Kier alpha value is -4.34. The third kappa shape index (κ3) is 6.90. The van der Waals surface area contributed by atoms with Crippen LogP contribution in [0.15, 0.2) is 71.8 Å². The van der Waals surface area contributed by atoms with Crippen molar-refractivity contribution in [2.45, 2.75) is 57.6 Å². The predicted molar refractivity (Wildman–Crippen MR) is 173 cm³/mol. The van der Waals surface area contributed by atoms with Crippen molar-refractivity contribution < 1.29 is 28.7 Å². The van der Waals surface area contributed by atoms with Crippen LogP contribution in [-0.4, -0.2) is 48.8 Å². The molecule has 3 heterocycles. The van der Waals surface area contributed by atoms with Gasteiger partial charge in [0.05, 0.1) is 40.5 Å².